The fourth-order valence-corrected chi connectivity index (χ4v) is 4.62. The summed E-state index contributed by atoms with van der Waals surface area (Å²) in [7, 11) is 0. The van der Waals surface area contributed by atoms with E-state index in [-0.39, 0.29) is 24.8 Å². The summed E-state index contributed by atoms with van der Waals surface area (Å²) in [5, 5.41) is 21.7. The van der Waals surface area contributed by atoms with Crippen LogP contribution in [0, 0.1) is 5.82 Å². The largest absolute Gasteiger partial charge is 0.388 e. The summed E-state index contributed by atoms with van der Waals surface area (Å²) in [6.45, 7) is 4.68. The minimum Gasteiger partial charge on any atom is -0.388 e. The quantitative estimate of drug-likeness (QED) is 0.682. The molecule has 2 heterocycles. The molecule has 0 aliphatic carbocycles. The lowest BCUT2D eigenvalue weighted by atomic mass is 9.99. The summed E-state index contributed by atoms with van der Waals surface area (Å²) >= 11 is 0. The van der Waals surface area contributed by atoms with Crippen molar-refractivity contribution in [2.24, 2.45) is 0 Å². The predicted octanol–water partition coefficient (Wildman–Crippen LogP) is 1.51. The molecule has 6 nitrogen and oxygen atoms in total. The molecule has 0 spiro atoms. The molecular formula is C25H32FN3O3. The van der Waals surface area contributed by atoms with Gasteiger partial charge in [0.1, 0.15) is 17.5 Å². The maximum atomic E-state index is 13.1. The molecule has 2 atom stereocenters. The van der Waals surface area contributed by atoms with Crippen LogP contribution in [0.25, 0.3) is 0 Å². The molecular weight excluding hydrogens is 409 g/mol. The number of carbonyl (C=O) groups excluding carboxylic acids is 1. The van der Waals surface area contributed by atoms with E-state index < -0.39 is 11.7 Å². The third-order valence-electron chi connectivity index (χ3n) is 6.58. The molecule has 2 aliphatic rings. The van der Waals surface area contributed by atoms with Crippen molar-refractivity contribution in [1.29, 1.82) is 0 Å². The third-order valence-corrected chi connectivity index (χ3v) is 6.58. The number of aliphatic hydroxyl groups excluding tert-OH is 1. The number of halogens is 1. The first-order chi connectivity index (χ1) is 15.4. The summed E-state index contributed by atoms with van der Waals surface area (Å²) in [5.74, 6) is -0.262. The molecule has 0 unspecified atom stereocenters. The van der Waals surface area contributed by atoms with Gasteiger partial charge in [-0.3, -0.25) is 14.6 Å². The van der Waals surface area contributed by atoms with Crippen molar-refractivity contribution < 1.29 is 19.4 Å². The fourth-order valence-electron chi connectivity index (χ4n) is 4.62. The van der Waals surface area contributed by atoms with Gasteiger partial charge in [0.15, 0.2) is 0 Å². The molecule has 2 aromatic carbocycles. The molecule has 0 radical (unpaired) electrons. The lowest BCUT2D eigenvalue weighted by Gasteiger charge is -2.39. The van der Waals surface area contributed by atoms with E-state index >= 15 is 0 Å². The Kier molecular flexibility index (Phi) is 7.20. The first-order valence-electron chi connectivity index (χ1n) is 11.3. The van der Waals surface area contributed by atoms with Crippen LogP contribution < -0.4 is 0 Å². The Balaban J connectivity index is 1.24. The number of β-amino-alcohol motifs (C(OH)–C–C–N with tert-alkyl or cyclic N) is 2. The van der Waals surface area contributed by atoms with Gasteiger partial charge in [0.2, 0.25) is 5.91 Å². The molecule has 0 aromatic heterocycles. The van der Waals surface area contributed by atoms with Gasteiger partial charge in [0.25, 0.3) is 0 Å². The molecule has 172 valence electrons. The van der Waals surface area contributed by atoms with Crippen LogP contribution in [-0.2, 0) is 17.8 Å². The Bertz CT molecular complexity index is 887. The molecule has 32 heavy (non-hydrogen) atoms. The lowest BCUT2D eigenvalue weighted by molar-refractivity contribution is -0.131. The number of likely N-dealkylation sites (tertiary alicyclic amines) is 1. The molecule has 1 amide bonds. The summed E-state index contributed by atoms with van der Waals surface area (Å²) in [6.07, 6.45) is 0.0793. The number of amides is 1. The molecule has 2 aliphatic heterocycles. The van der Waals surface area contributed by atoms with Gasteiger partial charge >= 0.3 is 0 Å². The van der Waals surface area contributed by atoms with E-state index in [4.69, 9.17) is 0 Å². The minimum atomic E-state index is -1.30. The highest BCUT2D eigenvalue weighted by Crippen LogP contribution is 2.25. The number of hydrogen-bond acceptors (Lipinski definition) is 5. The molecule has 0 bridgehead atoms. The van der Waals surface area contributed by atoms with Gasteiger partial charge in [-0.05, 0) is 29.7 Å². The van der Waals surface area contributed by atoms with Crippen LogP contribution in [0.5, 0.6) is 0 Å². The zero-order chi connectivity index (χ0) is 22.6. The standard InChI is InChI=1S/C25H32FN3O3/c26-22-9-6-21(7-10-22)16-27-12-14-28(15-13-27)18-25(32)19-29(17-23(25)30)24(31)11-8-20-4-2-1-3-5-20/h1-7,9-10,23,30,32H,8,11-19H2/t23-,25+/m1/s1. The fraction of sp³-hybridized carbons (Fsp3) is 0.480. The van der Waals surface area contributed by atoms with Crippen LogP contribution in [0.1, 0.15) is 17.5 Å². The van der Waals surface area contributed by atoms with Crippen molar-refractivity contribution in [2.45, 2.75) is 31.1 Å². The summed E-state index contributed by atoms with van der Waals surface area (Å²) in [4.78, 5) is 18.7. The molecule has 2 N–H and O–H groups in total. The SMILES string of the molecule is O=C(CCc1ccccc1)N1C[C@@H](O)[C@](O)(CN2CCN(Cc3ccc(F)cc3)CC2)C1. The number of carbonyl (C=O) groups is 1. The number of benzene rings is 2. The minimum absolute atomic E-state index is 0.0343. The second kappa shape index (κ2) is 10.1. The molecule has 7 heteroatoms. The van der Waals surface area contributed by atoms with Crippen LogP contribution in [0.3, 0.4) is 0 Å². The topological polar surface area (TPSA) is 67.2 Å². The van der Waals surface area contributed by atoms with E-state index in [1.54, 1.807) is 4.90 Å². The Morgan fingerprint density at radius 1 is 0.969 bits per heavy atom. The zero-order valence-corrected chi connectivity index (χ0v) is 18.4. The highest BCUT2D eigenvalue weighted by atomic mass is 19.1. The van der Waals surface area contributed by atoms with E-state index in [0.29, 0.717) is 19.4 Å². The first kappa shape index (κ1) is 22.9. The Morgan fingerprint density at radius 3 is 2.31 bits per heavy atom. The summed E-state index contributed by atoms with van der Waals surface area (Å²) in [6, 6.07) is 16.4. The van der Waals surface area contributed by atoms with E-state index in [1.165, 1.54) is 12.1 Å². The number of piperazine rings is 1. The van der Waals surface area contributed by atoms with Gasteiger partial charge in [-0.15, -0.1) is 0 Å². The van der Waals surface area contributed by atoms with E-state index in [1.807, 2.05) is 42.5 Å². The van der Waals surface area contributed by atoms with Crippen molar-refractivity contribution >= 4 is 5.91 Å². The highest BCUT2D eigenvalue weighted by molar-refractivity contribution is 5.77. The number of nitrogens with zero attached hydrogens (tertiary/aromatic N) is 3. The van der Waals surface area contributed by atoms with Gasteiger partial charge in [-0.25, -0.2) is 4.39 Å². The van der Waals surface area contributed by atoms with Crippen molar-refractivity contribution in [3.05, 3.63) is 71.5 Å². The monoisotopic (exact) mass is 441 g/mol. The highest BCUT2D eigenvalue weighted by Gasteiger charge is 2.47. The van der Waals surface area contributed by atoms with E-state index in [9.17, 15) is 19.4 Å². The van der Waals surface area contributed by atoms with Crippen LogP contribution >= 0.6 is 0 Å². The maximum absolute atomic E-state index is 13.1. The van der Waals surface area contributed by atoms with Crippen LogP contribution in [0.15, 0.2) is 54.6 Å². The van der Waals surface area contributed by atoms with Crippen molar-refractivity contribution in [3.8, 4) is 0 Å². The number of rotatable bonds is 7. The first-order valence-corrected chi connectivity index (χ1v) is 11.3. The number of aryl methyl sites for hydroxylation is 1. The molecule has 2 fully saturated rings. The van der Waals surface area contributed by atoms with Crippen LogP contribution in [-0.4, -0.2) is 88.3 Å². The van der Waals surface area contributed by atoms with Gasteiger partial charge in [0.05, 0.1) is 6.54 Å². The summed E-state index contributed by atoms with van der Waals surface area (Å²) in [5.41, 5.74) is 0.880. The lowest BCUT2D eigenvalue weighted by Crippen LogP contribution is -2.56. The Morgan fingerprint density at radius 2 is 1.62 bits per heavy atom. The van der Waals surface area contributed by atoms with Gasteiger partial charge in [-0.1, -0.05) is 42.5 Å². The number of aliphatic hydroxyl groups is 2. The second-order valence-corrected chi connectivity index (χ2v) is 9.06. The van der Waals surface area contributed by atoms with E-state index in [2.05, 4.69) is 9.80 Å². The average molecular weight is 442 g/mol. The molecule has 0 saturated carbocycles. The summed E-state index contributed by atoms with van der Waals surface area (Å²) < 4.78 is 13.1. The van der Waals surface area contributed by atoms with Crippen LogP contribution in [0.4, 0.5) is 4.39 Å². The smallest absolute Gasteiger partial charge is 0.223 e. The van der Waals surface area contributed by atoms with Crippen LogP contribution in [0.2, 0.25) is 0 Å². The second-order valence-electron chi connectivity index (χ2n) is 9.06. The number of hydrogen-bond donors (Lipinski definition) is 2. The Labute approximate surface area is 188 Å². The predicted molar refractivity (Wildman–Crippen MR) is 120 cm³/mol. The molecule has 4 rings (SSSR count). The Hall–Kier alpha value is -2.32. The van der Waals surface area contributed by atoms with Gasteiger partial charge in [0, 0.05) is 52.2 Å². The van der Waals surface area contributed by atoms with Gasteiger partial charge < -0.3 is 15.1 Å². The van der Waals surface area contributed by atoms with Crippen molar-refractivity contribution in [1.82, 2.24) is 14.7 Å². The molecule has 2 aromatic rings. The average Bonchev–Trinajstić information content (AvgIpc) is 3.10. The third kappa shape index (κ3) is 5.72. The van der Waals surface area contributed by atoms with Gasteiger partial charge in [-0.2, -0.15) is 0 Å². The van der Waals surface area contributed by atoms with Crippen molar-refractivity contribution in [2.75, 3.05) is 45.8 Å². The zero-order valence-electron chi connectivity index (χ0n) is 18.4. The molecule has 2 saturated heterocycles. The van der Waals surface area contributed by atoms with E-state index in [0.717, 1.165) is 43.9 Å². The maximum Gasteiger partial charge on any atom is 0.223 e. The normalized spacial score (nSPS) is 24.7. The van der Waals surface area contributed by atoms with Crippen molar-refractivity contribution in [3.63, 3.8) is 0 Å².